The second-order valence-corrected chi connectivity index (χ2v) is 6.96. The van der Waals surface area contributed by atoms with Crippen LogP contribution in [0.25, 0.3) is 0 Å². The Morgan fingerprint density at radius 1 is 0.679 bits per heavy atom. The summed E-state index contributed by atoms with van der Waals surface area (Å²) in [4.78, 5) is 2.95. The molecule has 0 aromatic heterocycles. The van der Waals surface area contributed by atoms with Crippen LogP contribution in [0.4, 0.5) is 39.5 Å². The molecule has 1 heterocycles. The lowest BCUT2D eigenvalue weighted by Crippen LogP contribution is -2.33. The maximum absolute atomic E-state index is 15.1. The number of halogens is 9. The Hall–Kier alpha value is -2.17. The van der Waals surface area contributed by atoms with Crippen molar-refractivity contribution in [2.45, 2.75) is 23.4 Å². The Morgan fingerprint density at radius 2 is 1.11 bits per heavy atom. The van der Waals surface area contributed by atoms with E-state index in [0.29, 0.717) is 36.4 Å². The first-order valence-corrected chi connectivity index (χ1v) is 8.27. The van der Waals surface area contributed by atoms with Gasteiger partial charge in [0, 0.05) is 11.1 Å². The molecule has 0 saturated carbocycles. The lowest BCUT2D eigenvalue weighted by molar-refractivity contribution is -0.138. The van der Waals surface area contributed by atoms with E-state index in [1.807, 2.05) is 0 Å². The molecule has 1 aliphatic heterocycles. The fourth-order valence-electron chi connectivity index (χ4n) is 2.45. The maximum atomic E-state index is 15.1. The summed E-state index contributed by atoms with van der Waals surface area (Å²) in [5.74, 6) is 0. The second-order valence-electron chi connectivity index (χ2n) is 5.81. The van der Waals surface area contributed by atoms with Crippen LogP contribution in [-0.2, 0) is 17.4 Å². The van der Waals surface area contributed by atoms with Crippen LogP contribution in [0.5, 0.6) is 0 Å². The minimum atomic E-state index is -4.73. The molecule has 0 saturated heterocycles. The van der Waals surface area contributed by atoms with Gasteiger partial charge in [0.2, 0.25) is 0 Å². The van der Waals surface area contributed by atoms with Crippen molar-refractivity contribution in [2.75, 3.05) is 0 Å². The Balaban J connectivity index is 1.92. The molecule has 0 radical (unpaired) electrons. The summed E-state index contributed by atoms with van der Waals surface area (Å²) >= 11 is -0.0764. The van der Waals surface area contributed by atoms with Crippen molar-refractivity contribution in [3.05, 3.63) is 70.8 Å². The van der Waals surface area contributed by atoms with E-state index in [9.17, 15) is 35.1 Å². The van der Waals surface area contributed by atoms with Crippen LogP contribution < -0.4 is 0 Å². The number of nitrogens with zero attached hydrogens (tertiary/aromatic N) is 1. The van der Waals surface area contributed by atoms with Crippen molar-refractivity contribution < 1.29 is 39.5 Å². The molecular formula is C17H8F9NS. The first-order chi connectivity index (χ1) is 12.7. The van der Waals surface area contributed by atoms with E-state index in [0.717, 1.165) is 12.1 Å². The maximum Gasteiger partial charge on any atom is 0.416 e. The molecule has 0 N–H and O–H groups in total. The molecule has 11 heteroatoms. The van der Waals surface area contributed by atoms with E-state index >= 15 is 4.39 Å². The summed E-state index contributed by atoms with van der Waals surface area (Å²) < 4.78 is 119. The van der Waals surface area contributed by atoms with Gasteiger partial charge in [0.1, 0.15) is 5.04 Å². The molecule has 1 aliphatic rings. The van der Waals surface area contributed by atoms with E-state index in [1.165, 1.54) is 0 Å². The molecule has 2 aromatic rings. The van der Waals surface area contributed by atoms with Gasteiger partial charge in [0.25, 0.3) is 5.00 Å². The van der Waals surface area contributed by atoms with Gasteiger partial charge in [-0.05, 0) is 24.3 Å². The summed E-state index contributed by atoms with van der Waals surface area (Å²) in [6, 6.07) is 0.735. The molecule has 150 valence electrons. The summed E-state index contributed by atoms with van der Waals surface area (Å²) in [5, 5.41) is -4.07. The van der Waals surface area contributed by atoms with Crippen LogP contribution in [0.2, 0.25) is 0 Å². The molecule has 1 nitrogen and oxygen atoms in total. The third kappa shape index (κ3) is 3.59. The van der Waals surface area contributed by atoms with E-state index < -0.39 is 45.1 Å². The molecule has 3 rings (SSSR count). The first kappa shape index (κ1) is 20.6. The lowest BCUT2D eigenvalue weighted by Gasteiger charge is -2.24. The fraction of sp³-hybridized carbons (Fsp3) is 0.235. The van der Waals surface area contributed by atoms with Gasteiger partial charge in [-0.2, -0.15) is 35.1 Å². The molecule has 1 unspecified atom stereocenters. The highest BCUT2D eigenvalue weighted by molar-refractivity contribution is 8.15. The largest absolute Gasteiger partial charge is 0.416 e. The van der Waals surface area contributed by atoms with Gasteiger partial charge in [-0.3, -0.25) is 0 Å². The zero-order valence-corrected chi connectivity index (χ0v) is 14.2. The number of hydrogen-bond acceptors (Lipinski definition) is 2. The molecule has 1 atom stereocenters. The van der Waals surface area contributed by atoms with Gasteiger partial charge in [0.05, 0.1) is 11.1 Å². The SMILES string of the molecule is FC(F)(F)c1ccc(C2=NC(F)(F)C(F)(c3ccc(C(F)(F)F)cc3)S2)cc1. The minimum Gasteiger partial charge on any atom is -0.217 e. The minimum absolute atomic E-state index is 0.0764. The van der Waals surface area contributed by atoms with Gasteiger partial charge < -0.3 is 0 Å². The Morgan fingerprint density at radius 3 is 1.54 bits per heavy atom. The molecule has 0 spiro atoms. The van der Waals surface area contributed by atoms with E-state index in [1.54, 1.807) is 0 Å². The van der Waals surface area contributed by atoms with E-state index in [4.69, 9.17) is 0 Å². The predicted molar refractivity (Wildman–Crippen MR) is 84.7 cm³/mol. The summed E-state index contributed by atoms with van der Waals surface area (Å²) in [5.41, 5.74) is -3.10. The van der Waals surface area contributed by atoms with Crippen molar-refractivity contribution in [1.29, 1.82) is 0 Å². The van der Waals surface area contributed by atoms with Crippen molar-refractivity contribution >= 4 is 16.8 Å². The van der Waals surface area contributed by atoms with Crippen LogP contribution in [0.3, 0.4) is 0 Å². The smallest absolute Gasteiger partial charge is 0.217 e. The summed E-state index contributed by atoms with van der Waals surface area (Å²) in [6.45, 7) is 0. The van der Waals surface area contributed by atoms with E-state index in [-0.39, 0.29) is 17.3 Å². The van der Waals surface area contributed by atoms with Gasteiger partial charge in [0.15, 0.2) is 0 Å². The highest BCUT2D eigenvalue weighted by atomic mass is 32.2. The Labute approximate surface area is 156 Å². The molecule has 0 amide bonds. The number of thioether (sulfide) groups is 1. The topological polar surface area (TPSA) is 12.4 Å². The van der Waals surface area contributed by atoms with Crippen LogP contribution >= 0.6 is 11.8 Å². The summed E-state index contributed by atoms with van der Waals surface area (Å²) in [6.07, 6.45) is -9.37. The molecule has 0 bridgehead atoms. The van der Waals surface area contributed by atoms with Crippen LogP contribution in [0.15, 0.2) is 53.5 Å². The van der Waals surface area contributed by atoms with Crippen LogP contribution in [-0.4, -0.2) is 11.1 Å². The normalized spacial score (nSPS) is 22.2. The fourth-order valence-corrected chi connectivity index (χ4v) is 3.55. The standard InChI is InChI=1S/C17H8F9NS/c18-14(10-5-7-12(8-6-10)16(22,23)24)17(25,26)27-13(28-14)9-1-3-11(4-2-9)15(19,20)21/h1-8H. The van der Waals surface area contributed by atoms with Gasteiger partial charge in [-0.1, -0.05) is 36.0 Å². The molecular weight excluding hydrogens is 421 g/mol. The average Bonchev–Trinajstić information content (AvgIpc) is 2.84. The number of rotatable bonds is 2. The highest BCUT2D eigenvalue weighted by Crippen LogP contribution is 2.57. The van der Waals surface area contributed by atoms with Crippen molar-refractivity contribution in [2.24, 2.45) is 4.99 Å². The third-order valence-electron chi connectivity index (χ3n) is 3.91. The van der Waals surface area contributed by atoms with Crippen LogP contribution in [0.1, 0.15) is 22.3 Å². The highest BCUT2D eigenvalue weighted by Gasteiger charge is 2.62. The number of hydrogen-bond donors (Lipinski definition) is 0. The van der Waals surface area contributed by atoms with Crippen molar-refractivity contribution in [3.8, 4) is 0 Å². The molecule has 0 aliphatic carbocycles. The van der Waals surface area contributed by atoms with Gasteiger partial charge >= 0.3 is 18.4 Å². The first-order valence-electron chi connectivity index (χ1n) is 7.45. The molecule has 2 aromatic carbocycles. The third-order valence-corrected chi connectivity index (χ3v) is 5.19. The molecule has 28 heavy (non-hydrogen) atoms. The summed E-state index contributed by atoms with van der Waals surface area (Å²) in [7, 11) is 0. The van der Waals surface area contributed by atoms with Crippen molar-refractivity contribution in [3.63, 3.8) is 0 Å². The second kappa shape index (κ2) is 6.43. The zero-order chi connectivity index (χ0) is 21.0. The lowest BCUT2D eigenvalue weighted by atomic mass is 10.1. The predicted octanol–water partition coefficient (Wildman–Crippen LogP) is 6.63. The average molecular weight is 429 g/mol. The van der Waals surface area contributed by atoms with Crippen LogP contribution in [0, 0.1) is 0 Å². The quantitative estimate of drug-likeness (QED) is 0.386. The zero-order valence-electron chi connectivity index (χ0n) is 13.4. The van der Waals surface area contributed by atoms with E-state index in [2.05, 4.69) is 4.99 Å². The number of alkyl halides is 9. The van der Waals surface area contributed by atoms with Crippen molar-refractivity contribution in [1.82, 2.24) is 0 Å². The number of benzene rings is 2. The monoisotopic (exact) mass is 429 g/mol. The Kier molecular flexibility index (Phi) is 4.72. The molecule has 0 fully saturated rings. The number of aliphatic imine (C=N–C) groups is 1. The van der Waals surface area contributed by atoms with Gasteiger partial charge in [-0.25, -0.2) is 9.38 Å². The van der Waals surface area contributed by atoms with Gasteiger partial charge in [-0.15, -0.1) is 0 Å². The Bertz CT molecular complexity index is 898.